The van der Waals surface area contributed by atoms with Crippen molar-refractivity contribution in [3.05, 3.63) is 0 Å². The fourth-order valence-corrected chi connectivity index (χ4v) is 31.3. The lowest BCUT2D eigenvalue weighted by Crippen LogP contribution is -2.38. The minimum atomic E-state index is 0.526. The third kappa shape index (κ3) is 26.5. The quantitative estimate of drug-likeness (QED) is 0.249. The number of hydrogen-bond donors (Lipinski definition) is 0. The van der Waals surface area contributed by atoms with Crippen molar-refractivity contribution in [2.75, 3.05) is 0 Å². The van der Waals surface area contributed by atoms with Gasteiger partial charge in [-0.3, -0.25) is 0 Å². The summed E-state index contributed by atoms with van der Waals surface area (Å²) in [5, 5.41) is 0. The van der Waals surface area contributed by atoms with E-state index in [4.69, 9.17) is 0 Å². The topological polar surface area (TPSA) is 0 Å². The Labute approximate surface area is 678 Å². The van der Waals surface area contributed by atoms with Gasteiger partial charge in [0, 0.05) is 0 Å². The SMILES string of the molecule is CC(C)C1C(C)(C)CCC1(C)C.CC1(C)CC(C)(C)CC(C)(C)C1.CC1C2CCC(C2)C1(C)C.CC1C2CCC(C2)C1C.CCC1(C)CC(C)(C)C(C)(C)C1.CCC1C(C)(C)CCC1(C)C.CCC1CC(C)(C)C(C)(C)C1.CCC1CC(C)(C)CC(C)(C)C1.CCC1CC2CCC1C2.C[C@H]1CC2CCC1CC2. The Kier molecular flexibility index (Phi) is 33.6. The Balaban J connectivity index is 0.000000213. The molecule has 0 aromatic heterocycles. The van der Waals surface area contributed by atoms with E-state index in [0.717, 1.165) is 107 Å². The van der Waals surface area contributed by atoms with E-state index < -0.39 is 0 Å². The van der Waals surface area contributed by atoms with E-state index in [1.54, 1.807) is 64.2 Å². The summed E-state index contributed by atoms with van der Waals surface area (Å²) in [5.74, 6) is 18.8. The highest BCUT2D eigenvalue weighted by Crippen LogP contribution is 2.64. The maximum absolute atomic E-state index is 2.46. The molecule has 0 spiro atoms. The van der Waals surface area contributed by atoms with Crippen molar-refractivity contribution < 1.29 is 0 Å². The molecule has 15 rings (SSSR count). The third-order valence-corrected chi connectivity index (χ3v) is 37.0. The molecule has 15 aliphatic carbocycles. The normalized spacial score (nSPS) is 37.0. The molecule has 107 heavy (non-hydrogen) atoms. The molecule has 15 fully saturated rings. The first kappa shape index (κ1) is 97.6. The molecule has 8 bridgehead atoms. The summed E-state index contributed by atoms with van der Waals surface area (Å²) in [7, 11) is 0. The van der Waals surface area contributed by atoms with Crippen LogP contribution in [-0.4, -0.2) is 0 Å². The van der Waals surface area contributed by atoms with Crippen LogP contribution >= 0.6 is 0 Å². The van der Waals surface area contributed by atoms with Crippen LogP contribution in [-0.2, 0) is 0 Å². The predicted octanol–water partition coefficient (Wildman–Crippen LogP) is 36.0. The van der Waals surface area contributed by atoms with Crippen molar-refractivity contribution in [3.63, 3.8) is 0 Å². The summed E-state index contributed by atoms with van der Waals surface area (Å²) in [6, 6.07) is 0. The van der Waals surface area contributed by atoms with Gasteiger partial charge in [0.2, 0.25) is 0 Å². The Morgan fingerprint density at radius 3 is 0.907 bits per heavy atom. The first-order valence-electron chi connectivity index (χ1n) is 48.4. The van der Waals surface area contributed by atoms with E-state index in [1.807, 2.05) is 0 Å². The molecular formula is C107H206. The highest BCUT2D eigenvalue weighted by molar-refractivity contribution is 5.04. The van der Waals surface area contributed by atoms with Crippen molar-refractivity contribution in [1.82, 2.24) is 0 Å². The van der Waals surface area contributed by atoms with Crippen molar-refractivity contribution in [1.29, 1.82) is 0 Å². The van der Waals surface area contributed by atoms with Gasteiger partial charge in [-0.1, -0.05) is 328 Å². The van der Waals surface area contributed by atoms with Gasteiger partial charge in [0.05, 0.1) is 0 Å². The second-order valence-corrected chi connectivity index (χ2v) is 53.4. The van der Waals surface area contributed by atoms with Crippen LogP contribution in [0.2, 0.25) is 0 Å². The smallest absolute Gasteiger partial charge is 0.0288 e. The second-order valence-electron chi connectivity index (χ2n) is 53.4. The van der Waals surface area contributed by atoms with E-state index in [0.29, 0.717) is 81.2 Å². The van der Waals surface area contributed by atoms with E-state index in [9.17, 15) is 0 Å². The average Bonchev–Trinajstić information content (AvgIpc) is 1.67. The maximum atomic E-state index is 2.46. The second kappa shape index (κ2) is 36.9. The molecule has 0 saturated heterocycles. The molecule has 0 aliphatic heterocycles. The highest BCUT2D eigenvalue weighted by atomic mass is 14.6. The van der Waals surface area contributed by atoms with Crippen molar-refractivity contribution in [2.45, 2.75) is 495 Å². The van der Waals surface area contributed by atoms with Gasteiger partial charge in [-0.15, -0.1) is 0 Å². The molecule has 11 atom stereocenters. The van der Waals surface area contributed by atoms with Crippen molar-refractivity contribution in [3.8, 4) is 0 Å². The van der Waals surface area contributed by atoms with Gasteiger partial charge in [0.25, 0.3) is 0 Å². The van der Waals surface area contributed by atoms with E-state index >= 15 is 0 Å². The van der Waals surface area contributed by atoms with Crippen molar-refractivity contribution >= 4 is 0 Å². The molecule has 10 unspecified atom stereocenters. The van der Waals surface area contributed by atoms with Crippen LogP contribution in [0.25, 0.3) is 0 Å². The molecule has 0 nitrogen and oxygen atoms in total. The average molecular weight is 1490 g/mol. The first-order chi connectivity index (χ1) is 48.4. The largest absolute Gasteiger partial charge is 0.0651 e. The molecule has 0 heteroatoms. The molecule has 0 radical (unpaired) electrons. The number of hydrogen-bond acceptors (Lipinski definition) is 0. The van der Waals surface area contributed by atoms with Crippen LogP contribution in [0.3, 0.4) is 0 Å². The summed E-state index contributed by atoms with van der Waals surface area (Å²) in [6.07, 6.45) is 49.8. The molecule has 634 valence electrons. The minimum absolute atomic E-state index is 0.526. The monoisotopic (exact) mass is 1490 g/mol. The molecule has 15 saturated carbocycles. The number of fused-ring (bicyclic) bond motifs is 9. The summed E-state index contributed by atoms with van der Waals surface area (Å²) in [5.41, 5.74) is 8.59. The van der Waals surface area contributed by atoms with Gasteiger partial charge in [0.15, 0.2) is 0 Å². The van der Waals surface area contributed by atoms with E-state index in [1.165, 1.54) is 154 Å². The molecule has 0 N–H and O–H groups in total. The zero-order valence-corrected chi connectivity index (χ0v) is 81.9. The van der Waals surface area contributed by atoms with Gasteiger partial charge in [0.1, 0.15) is 0 Å². The Bertz CT molecular complexity index is 2440. The van der Waals surface area contributed by atoms with Gasteiger partial charge in [-0.2, -0.15) is 0 Å². The van der Waals surface area contributed by atoms with Gasteiger partial charge in [-0.05, 0) is 355 Å². The Hall–Kier alpha value is 0. The fourth-order valence-electron chi connectivity index (χ4n) is 31.3. The molecule has 0 aromatic rings. The lowest BCUT2D eigenvalue weighted by molar-refractivity contribution is 0.0203. The Morgan fingerprint density at radius 1 is 0.308 bits per heavy atom. The molecule has 0 amide bonds. The van der Waals surface area contributed by atoms with E-state index in [-0.39, 0.29) is 0 Å². The van der Waals surface area contributed by atoms with Gasteiger partial charge < -0.3 is 0 Å². The summed E-state index contributed by atoms with van der Waals surface area (Å²) in [6.45, 7) is 96.6. The van der Waals surface area contributed by atoms with Crippen LogP contribution in [0.15, 0.2) is 0 Å². The lowest BCUT2D eigenvalue weighted by atomic mass is 9.56. The fraction of sp³-hybridized carbons (Fsp3) is 1.00. The number of rotatable bonds is 6. The Morgan fingerprint density at radius 2 is 0.682 bits per heavy atom. The van der Waals surface area contributed by atoms with Crippen LogP contribution < -0.4 is 0 Å². The lowest BCUT2D eigenvalue weighted by Gasteiger charge is -2.49. The minimum Gasteiger partial charge on any atom is -0.0651 e. The maximum Gasteiger partial charge on any atom is -0.0288 e. The standard InChI is InChI=1S/4C12H24.2C11H22.C10H18.3C9H16/c1-10(2)7-11(3,4)9-12(5,6)8-10;1-9(2)10-11(3,4)7-8-12(10,5)6;1-7-12(6)8-10(2,3)11(4,5)9-12;1-6-10-7-11(2,3)9-12(4,5)8-10;1-6-9-7-10(2,3)11(4,5)8-9;1-6-9-10(2,3)7-8-11(9,4)5;1-7-8-4-5-9(6-8)10(7,2)3;1-6-7(2)9-4-3-8(6)5-9;1-7-6-8-2-4-9(7)5-3-8;1-2-8-5-7-3-4-9(8)6-7/h7-9H2,1-6H3;9-10H,7-8H2,1-6H3;7-9H2,1-6H3;10H,6-9H2,1-5H3;2*9H,6-8H2,1-5H3;7-9H,4-6H2,1-3H3;6-9H,3-5H2,1-2H3;2*7-9H,2-6H2,1H3/t;;;;;;;;7-,8?,9?;/m........0./s1. The molecular weight excluding hydrogens is 1290 g/mol. The van der Waals surface area contributed by atoms with E-state index in [2.05, 4.69) is 277 Å². The van der Waals surface area contributed by atoms with Crippen molar-refractivity contribution in [2.24, 2.45) is 188 Å². The molecule has 15 aliphatic rings. The summed E-state index contributed by atoms with van der Waals surface area (Å²) < 4.78 is 0. The predicted molar refractivity (Wildman–Crippen MR) is 483 cm³/mol. The highest BCUT2D eigenvalue weighted by Gasteiger charge is 2.54. The summed E-state index contributed by atoms with van der Waals surface area (Å²) in [4.78, 5) is 0. The third-order valence-electron chi connectivity index (χ3n) is 37.0. The molecule has 0 aromatic carbocycles. The zero-order valence-electron chi connectivity index (χ0n) is 81.9. The zero-order chi connectivity index (χ0) is 81.9. The van der Waals surface area contributed by atoms with Crippen LogP contribution in [0.4, 0.5) is 0 Å². The van der Waals surface area contributed by atoms with Gasteiger partial charge in [-0.25, -0.2) is 0 Å². The summed E-state index contributed by atoms with van der Waals surface area (Å²) >= 11 is 0. The van der Waals surface area contributed by atoms with Crippen LogP contribution in [0, 0.1) is 188 Å². The van der Waals surface area contributed by atoms with Crippen LogP contribution in [0.5, 0.6) is 0 Å². The van der Waals surface area contributed by atoms with Gasteiger partial charge >= 0.3 is 0 Å². The van der Waals surface area contributed by atoms with Crippen LogP contribution in [0.1, 0.15) is 495 Å². The molecule has 0 heterocycles. The first-order valence-corrected chi connectivity index (χ1v) is 48.4.